The molecule has 0 saturated carbocycles. The normalized spacial score (nSPS) is 19.7. The Labute approximate surface area is 185 Å². The van der Waals surface area contributed by atoms with Gasteiger partial charge in [0.1, 0.15) is 5.92 Å². The van der Waals surface area contributed by atoms with E-state index < -0.39 is 46.5 Å². The fraction of sp³-hybridized carbons (Fsp3) is 0.333. The molecule has 0 fully saturated rings. The molecule has 2 aromatic carbocycles. The summed E-state index contributed by atoms with van der Waals surface area (Å²) in [7, 11) is -3.61. The molecule has 8 nitrogen and oxygen atoms in total. The summed E-state index contributed by atoms with van der Waals surface area (Å²) in [5.41, 5.74) is 1.78. The van der Waals surface area contributed by atoms with E-state index in [0.29, 0.717) is 11.1 Å². The van der Waals surface area contributed by atoms with Crippen LogP contribution in [0.25, 0.3) is 0 Å². The molecule has 31 heavy (non-hydrogen) atoms. The van der Waals surface area contributed by atoms with Gasteiger partial charge in [-0.3, -0.25) is 9.59 Å². The Bertz CT molecular complexity index is 1120. The molecule has 1 aliphatic rings. The number of fused-ring (bicyclic) bond motifs is 1. The third kappa shape index (κ3) is 4.74. The molecule has 166 valence electrons. The number of aryl methyl sites for hydroxylation is 1. The minimum atomic E-state index is -3.61. The van der Waals surface area contributed by atoms with Gasteiger partial charge in [-0.2, -0.15) is 0 Å². The summed E-state index contributed by atoms with van der Waals surface area (Å²) >= 11 is 6.47. The predicted octanol–water partition coefficient (Wildman–Crippen LogP) is 1.92. The summed E-state index contributed by atoms with van der Waals surface area (Å²) in [6.07, 6.45) is 0.961. The van der Waals surface area contributed by atoms with Crippen molar-refractivity contribution < 1.29 is 28.2 Å². The third-order valence-corrected chi connectivity index (χ3v) is 6.32. The maximum absolute atomic E-state index is 13.5. The molecule has 3 rings (SSSR count). The van der Waals surface area contributed by atoms with Gasteiger partial charge in [0.05, 0.1) is 24.9 Å². The molecule has 0 bridgehead atoms. The Balaban J connectivity index is 2.23. The number of aliphatic hydroxyl groups excluding tert-OH is 1. The highest BCUT2D eigenvalue weighted by Gasteiger charge is 2.47. The van der Waals surface area contributed by atoms with E-state index in [1.54, 1.807) is 36.4 Å². The molecule has 0 aromatic heterocycles. The molecule has 0 radical (unpaired) electrons. The van der Waals surface area contributed by atoms with Crippen LogP contribution in [0, 0.1) is 6.92 Å². The highest BCUT2D eigenvalue weighted by Crippen LogP contribution is 2.45. The van der Waals surface area contributed by atoms with Crippen LogP contribution in [-0.4, -0.2) is 60.9 Å². The number of nitrogens with one attached hydrogen (secondary N) is 1. The summed E-state index contributed by atoms with van der Waals surface area (Å²) in [6.45, 7) is 0.967. The van der Waals surface area contributed by atoms with Crippen LogP contribution < -0.4 is 4.72 Å². The van der Waals surface area contributed by atoms with Crippen LogP contribution in [0.1, 0.15) is 39.0 Å². The first kappa shape index (κ1) is 23.2. The zero-order valence-corrected chi connectivity index (χ0v) is 18.5. The van der Waals surface area contributed by atoms with E-state index in [2.05, 4.69) is 4.72 Å². The van der Waals surface area contributed by atoms with Crippen molar-refractivity contribution in [2.75, 3.05) is 19.4 Å². The van der Waals surface area contributed by atoms with Crippen molar-refractivity contribution in [2.24, 2.45) is 0 Å². The number of aliphatic hydroxyl groups is 1. The van der Waals surface area contributed by atoms with Gasteiger partial charge in [0.2, 0.25) is 10.0 Å². The van der Waals surface area contributed by atoms with Gasteiger partial charge < -0.3 is 15.1 Å². The quantitative estimate of drug-likeness (QED) is 0.572. The summed E-state index contributed by atoms with van der Waals surface area (Å²) in [5.74, 6) is -2.84. The van der Waals surface area contributed by atoms with Crippen LogP contribution in [0.3, 0.4) is 0 Å². The van der Waals surface area contributed by atoms with Crippen molar-refractivity contribution in [2.45, 2.75) is 24.9 Å². The molecule has 3 atom stereocenters. The van der Waals surface area contributed by atoms with E-state index in [-0.39, 0.29) is 17.1 Å². The van der Waals surface area contributed by atoms with Crippen LogP contribution in [0.2, 0.25) is 5.02 Å². The number of nitrogens with zero attached hydrogens (tertiary/aromatic N) is 1. The average molecular weight is 467 g/mol. The number of rotatable bonds is 7. The molecule has 1 heterocycles. The number of carboxylic acid groups (broad SMARTS) is 1. The second-order valence-electron chi connectivity index (χ2n) is 7.54. The van der Waals surface area contributed by atoms with Gasteiger partial charge in [0, 0.05) is 17.1 Å². The number of carbonyl (C=O) groups is 2. The predicted molar refractivity (Wildman–Crippen MR) is 116 cm³/mol. The lowest BCUT2D eigenvalue weighted by atomic mass is 9.79. The van der Waals surface area contributed by atoms with Crippen molar-refractivity contribution in [3.8, 4) is 0 Å². The fourth-order valence-electron chi connectivity index (χ4n) is 3.92. The standard InChI is InChI=1S/C21H23ClN2O6S/c1-12-7-8-16(17(22)9-12)19-18(21(27)28)14-5-3-4-6-15(14)20(26)24(19)13(11-25)10-23-31(2,29)30/h3-9,13,18-19,23,25H,10-11H2,1-2H3,(H,27,28)/t13-,18?,19?/m0/s1. The van der Waals surface area contributed by atoms with E-state index in [1.807, 2.05) is 6.92 Å². The number of amides is 1. The highest BCUT2D eigenvalue weighted by atomic mass is 35.5. The smallest absolute Gasteiger partial charge is 0.313 e. The molecular weight excluding hydrogens is 444 g/mol. The molecule has 0 saturated heterocycles. The molecule has 0 aliphatic carbocycles. The van der Waals surface area contributed by atoms with Gasteiger partial charge >= 0.3 is 5.97 Å². The highest BCUT2D eigenvalue weighted by molar-refractivity contribution is 7.88. The van der Waals surface area contributed by atoms with E-state index >= 15 is 0 Å². The number of halogens is 1. The summed E-state index contributed by atoms with van der Waals surface area (Å²) in [5, 5.41) is 20.4. The van der Waals surface area contributed by atoms with Crippen LogP contribution in [0.15, 0.2) is 42.5 Å². The molecule has 10 heteroatoms. The Morgan fingerprint density at radius 2 is 1.90 bits per heavy atom. The Kier molecular flexibility index (Phi) is 6.70. The van der Waals surface area contributed by atoms with Crippen molar-refractivity contribution in [1.82, 2.24) is 9.62 Å². The van der Waals surface area contributed by atoms with Crippen LogP contribution in [-0.2, 0) is 14.8 Å². The van der Waals surface area contributed by atoms with E-state index in [4.69, 9.17) is 11.6 Å². The molecule has 1 aliphatic heterocycles. The minimum Gasteiger partial charge on any atom is -0.481 e. The van der Waals surface area contributed by atoms with Crippen molar-refractivity contribution in [3.63, 3.8) is 0 Å². The first-order valence-electron chi connectivity index (χ1n) is 9.51. The lowest BCUT2D eigenvalue weighted by Crippen LogP contribution is -2.54. The van der Waals surface area contributed by atoms with Gasteiger partial charge in [-0.25, -0.2) is 13.1 Å². The van der Waals surface area contributed by atoms with E-state index in [1.165, 1.54) is 11.0 Å². The van der Waals surface area contributed by atoms with Gasteiger partial charge in [-0.15, -0.1) is 0 Å². The van der Waals surface area contributed by atoms with Crippen molar-refractivity contribution >= 4 is 33.5 Å². The molecule has 0 spiro atoms. The number of benzene rings is 2. The maximum Gasteiger partial charge on any atom is 0.313 e. The molecule has 3 N–H and O–H groups in total. The van der Waals surface area contributed by atoms with Gasteiger partial charge in [-0.1, -0.05) is 41.9 Å². The van der Waals surface area contributed by atoms with Crippen LogP contribution in [0.4, 0.5) is 0 Å². The first-order chi connectivity index (χ1) is 14.5. The molecule has 2 unspecified atom stereocenters. The molecular formula is C21H23ClN2O6S. The van der Waals surface area contributed by atoms with Gasteiger partial charge in [-0.05, 0) is 35.7 Å². The second-order valence-corrected chi connectivity index (χ2v) is 9.78. The second kappa shape index (κ2) is 8.96. The van der Waals surface area contributed by atoms with Crippen molar-refractivity contribution in [1.29, 1.82) is 0 Å². The Morgan fingerprint density at radius 1 is 1.23 bits per heavy atom. The first-order valence-corrected chi connectivity index (χ1v) is 11.8. The maximum atomic E-state index is 13.5. The number of carboxylic acids is 1. The lowest BCUT2D eigenvalue weighted by molar-refractivity contribution is -0.141. The monoisotopic (exact) mass is 466 g/mol. The number of carbonyl (C=O) groups excluding carboxylic acids is 1. The number of hydrogen-bond acceptors (Lipinski definition) is 5. The summed E-state index contributed by atoms with van der Waals surface area (Å²) < 4.78 is 25.5. The number of aliphatic carboxylic acids is 1. The summed E-state index contributed by atoms with van der Waals surface area (Å²) in [4.78, 5) is 27.1. The largest absolute Gasteiger partial charge is 0.481 e. The minimum absolute atomic E-state index is 0.187. The third-order valence-electron chi connectivity index (χ3n) is 5.30. The summed E-state index contributed by atoms with van der Waals surface area (Å²) in [6, 6.07) is 9.40. The van der Waals surface area contributed by atoms with Gasteiger partial charge in [0.15, 0.2) is 0 Å². The molecule has 2 aromatic rings. The average Bonchev–Trinajstić information content (AvgIpc) is 2.68. The van der Waals surface area contributed by atoms with E-state index in [9.17, 15) is 28.2 Å². The number of sulfonamides is 1. The van der Waals surface area contributed by atoms with Crippen molar-refractivity contribution in [3.05, 3.63) is 69.7 Å². The van der Waals surface area contributed by atoms with Crippen LogP contribution in [0.5, 0.6) is 0 Å². The Hall–Kier alpha value is -2.46. The fourth-order valence-corrected chi connectivity index (χ4v) is 4.76. The zero-order chi connectivity index (χ0) is 22.9. The van der Waals surface area contributed by atoms with E-state index in [0.717, 1.165) is 11.8 Å². The zero-order valence-electron chi connectivity index (χ0n) is 16.9. The Morgan fingerprint density at radius 3 is 2.48 bits per heavy atom. The lowest BCUT2D eigenvalue weighted by Gasteiger charge is -2.44. The van der Waals surface area contributed by atoms with Gasteiger partial charge in [0.25, 0.3) is 5.91 Å². The molecule has 1 amide bonds. The number of hydrogen-bond donors (Lipinski definition) is 3. The topological polar surface area (TPSA) is 124 Å². The SMILES string of the molecule is Cc1ccc(C2C(C(=O)O)c3ccccc3C(=O)N2[C@H](CO)CNS(C)(=O)=O)c(Cl)c1. The van der Waals surface area contributed by atoms with Crippen LogP contribution >= 0.6 is 11.6 Å².